The molecule has 0 aliphatic heterocycles. The van der Waals surface area contributed by atoms with E-state index in [0.717, 1.165) is 25.7 Å². The van der Waals surface area contributed by atoms with Crippen LogP contribution in [-0.4, -0.2) is 35.0 Å². The van der Waals surface area contributed by atoms with Crippen LogP contribution in [-0.2, 0) is 14.4 Å². The van der Waals surface area contributed by atoms with Gasteiger partial charge in [0, 0.05) is 18.4 Å². The Morgan fingerprint density at radius 1 is 1.09 bits per heavy atom. The first-order valence-electron chi connectivity index (χ1n) is 8.12. The minimum atomic E-state index is -1.02. The molecule has 6 nitrogen and oxygen atoms in total. The van der Waals surface area contributed by atoms with Gasteiger partial charge in [0.15, 0.2) is 0 Å². The van der Waals surface area contributed by atoms with Crippen molar-refractivity contribution in [3.63, 3.8) is 0 Å². The van der Waals surface area contributed by atoms with E-state index < -0.39 is 12.0 Å². The van der Waals surface area contributed by atoms with Crippen molar-refractivity contribution in [2.75, 3.05) is 0 Å². The fourth-order valence-corrected chi connectivity index (χ4v) is 2.82. The Bertz CT molecular complexity index is 403. The van der Waals surface area contributed by atoms with Gasteiger partial charge in [0.2, 0.25) is 11.8 Å². The highest BCUT2D eigenvalue weighted by Crippen LogP contribution is 2.24. The standard InChI is InChI=1S/C16H28N2O4/c1-10(2)8-13(16(21)22)18-14(19)9-11(3)17-15(20)12-6-4-5-7-12/h10-13H,4-9H2,1-3H3,(H,17,20)(H,18,19)(H,21,22)/t11-,13-/m0/s1. The van der Waals surface area contributed by atoms with Crippen LogP contribution in [0, 0.1) is 11.8 Å². The molecule has 0 radical (unpaired) electrons. The predicted molar refractivity (Wildman–Crippen MR) is 83.2 cm³/mol. The Labute approximate surface area is 132 Å². The summed E-state index contributed by atoms with van der Waals surface area (Å²) in [5, 5.41) is 14.5. The van der Waals surface area contributed by atoms with Gasteiger partial charge in [-0.05, 0) is 32.1 Å². The number of carboxylic acid groups (broad SMARTS) is 1. The van der Waals surface area contributed by atoms with E-state index in [1.165, 1.54) is 0 Å². The molecule has 0 aromatic heterocycles. The number of carbonyl (C=O) groups is 3. The maximum Gasteiger partial charge on any atom is 0.326 e. The Morgan fingerprint density at radius 2 is 1.68 bits per heavy atom. The molecule has 0 bridgehead atoms. The third kappa shape index (κ3) is 6.45. The number of hydrogen-bond donors (Lipinski definition) is 3. The van der Waals surface area contributed by atoms with E-state index in [9.17, 15) is 14.4 Å². The summed E-state index contributed by atoms with van der Waals surface area (Å²) in [5.41, 5.74) is 0. The van der Waals surface area contributed by atoms with Gasteiger partial charge in [-0.2, -0.15) is 0 Å². The summed E-state index contributed by atoms with van der Waals surface area (Å²) in [5.74, 6) is -1.11. The lowest BCUT2D eigenvalue weighted by molar-refractivity contribution is -0.142. The Balaban J connectivity index is 2.38. The van der Waals surface area contributed by atoms with Crippen molar-refractivity contribution in [1.82, 2.24) is 10.6 Å². The van der Waals surface area contributed by atoms with E-state index in [4.69, 9.17) is 5.11 Å². The molecule has 1 rings (SSSR count). The number of aliphatic carboxylic acids is 1. The molecule has 6 heteroatoms. The van der Waals surface area contributed by atoms with Crippen LogP contribution in [0.3, 0.4) is 0 Å². The molecule has 1 aliphatic carbocycles. The van der Waals surface area contributed by atoms with E-state index in [1.807, 2.05) is 13.8 Å². The van der Waals surface area contributed by atoms with Gasteiger partial charge in [0.25, 0.3) is 0 Å². The largest absolute Gasteiger partial charge is 0.480 e. The van der Waals surface area contributed by atoms with Crippen molar-refractivity contribution >= 4 is 17.8 Å². The Morgan fingerprint density at radius 3 is 2.18 bits per heavy atom. The number of carboxylic acids is 1. The highest BCUT2D eigenvalue weighted by molar-refractivity contribution is 5.84. The van der Waals surface area contributed by atoms with Gasteiger partial charge in [0.05, 0.1) is 0 Å². The molecule has 2 atom stereocenters. The number of rotatable bonds is 8. The maximum atomic E-state index is 12.0. The van der Waals surface area contributed by atoms with Gasteiger partial charge < -0.3 is 15.7 Å². The van der Waals surface area contributed by atoms with E-state index in [-0.39, 0.29) is 36.1 Å². The molecular formula is C16H28N2O4. The number of amides is 2. The summed E-state index contributed by atoms with van der Waals surface area (Å²) in [6.07, 6.45) is 4.50. The fraction of sp³-hybridized carbons (Fsp3) is 0.812. The van der Waals surface area contributed by atoms with Crippen molar-refractivity contribution in [2.24, 2.45) is 11.8 Å². The summed E-state index contributed by atoms with van der Waals surface area (Å²) in [6.45, 7) is 5.59. The first-order valence-corrected chi connectivity index (χ1v) is 8.12. The Kier molecular flexibility index (Phi) is 7.35. The monoisotopic (exact) mass is 312 g/mol. The van der Waals surface area contributed by atoms with Gasteiger partial charge in [-0.25, -0.2) is 4.79 Å². The van der Waals surface area contributed by atoms with E-state index >= 15 is 0 Å². The van der Waals surface area contributed by atoms with E-state index in [0.29, 0.717) is 6.42 Å². The molecular weight excluding hydrogens is 284 g/mol. The predicted octanol–water partition coefficient (Wildman–Crippen LogP) is 1.69. The third-order valence-corrected chi connectivity index (χ3v) is 3.95. The highest BCUT2D eigenvalue weighted by atomic mass is 16.4. The molecule has 0 aromatic carbocycles. The summed E-state index contributed by atoms with van der Waals surface area (Å²) >= 11 is 0. The molecule has 0 spiro atoms. The lowest BCUT2D eigenvalue weighted by Gasteiger charge is -2.19. The smallest absolute Gasteiger partial charge is 0.326 e. The van der Waals surface area contributed by atoms with E-state index in [2.05, 4.69) is 10.6 Å². The van der Waals surface area contributed by atoms with Crippen molar-refractivity contribution in [1.29, 1.82) is 0 Å². The van der Waals surface area contributed by atoms with Crippen LogP contribution in [0.25, 0.3) is 0 Å². The average Bonchev–Trinajstić information content (AvgIpc) is 2.90. The molecule has 1 fully saturated rings. The molecule has 0 aromatic rings. The van der Waals surface area contributed by atoms with Gasteiger partial charge >= 0.3 is 5.97 Å². The number of carbonyl (C=O) groups excluding carboxylic acids is 2. The highest BCUT2D eigenvalue weighted by Gasteiger charge is 2.25. The molecule has 0 unspecified atom stereocenters. The molecule has 126 valence electrons. The van der Waals surface area contributed by atoms with Crippen LogP contribution in [0.4, 0.5) is 0 Å². The van der Waals surface area contributed by atoms with Gasteiger partial charge in [-0.15, -0.1) is 0 Å². The number of nitrogens with one attached hydrogen (secondary N) is 2. The van der Waals surface area contributed by atoms with Gasteiger partial charge in [-0.3, -0.25) is 9.59 Å². The van der Waals surface area contributed by atoms with Crippen molar-refractivity contribution in [3.05, 3.63) is 0 Å². The molecule has 3 N–H and O–H groups in total. The Hall–Kier alpha value is -1.59. The lowest BCUT2D eigenvalue weighted by Crippen LogP contribution is -2.45. The average molecular weight is 312 g/mol. The summed E-state index contributed by atoms with van der Waals surface area (Å²) in [6, 6.07) is -1.16. The van der Waals surface area contributed by atoms with Crippen LogP contribution in [0.5, 0.6) is 0 Å². The fourth-order valence-electron chi connectivity index (χ4n) is 2.82. The van der Waals surface area contributed by atoms with Crippen LogP contribution in [0.15, 0.2) is 0 Å². The number of hydrogen-bond acceptors (Lipinski definition) is 3. The zero-order chi connectivity index (χ0) is 16.7. The molecule has 1 aliphatic rings. The van der Waals surface area contributed by atoms with Crippen molar-refractivity contribution in [2.45, 2.75) is 71.4 Å². The molecule has 1 saturated carbocycles. The first kappa shape index (κ1) is 18.5. The second-order valence-electron chi connectivity index (χ2n) is 6.68. The van der Waals surface area contributed by atoms with Crippen LogP contribution in [0.1, 0.15) is 59.3 Å². The zero-order valence-electron chi connectivity index (χ0n) is 13.7. The normalized spacial score (nSPS) is 18.0. The van der Waals surface area contributed by atoms with Crippen LogP contribution >= 0.6 is 0 Å². The zero-order valence-corrected chi connectivity index (χ0v) is 13.7. The molecule has 0 heterocycles. The quantitative estimate of drug-likeness (QED) is 0.635. The molecule has 22 heavy (non-hydrogen) atoms. The minimum absolute atomic E-state index is 0.00904. The van der Waals surface area contributed by atoms with Crippen molar-refractivity contribution < 1.29 is 19.5 Å². The molecule has 0 saturated heterocycles. The van der Waals surface area contributed by atoms with E-state index in [1.54, 1.807) is 6.92 Å². The summed E-state index contributed by atoms with van der Waals surface area (Å²) < 4.78 is 0. The second-order valence-corrected chi connectivity index (χ2v) is 6.68. The summed E-state index contributed by atoms with van der Waals surface area (Å²) in [7, 11) is 0. The molecule has 2 amide bonds. The third-order valence-electron chi connectivity index (χ3n) is 3.95. The SMILES string of the molecule is CC(C)C[C@H](NC(=O)C[C@H](C)NC(=O)C1CCCC1)C(=O)O. The topological polar surface area (TPSA) is 95.5 Å². The first-order chi connectivity index (χ1) is 10.3. The maximum absolute atomic E-state index is 12.0. The lowest BCUT2D eigenvalue weighted by atomic mass is 10.0. The second kappa shape index (κ2) is 8.76. The van der Waals surface area contributed by atoms with Crippen LogP contribution in [0.2, 0.25) is 0 Å². The van der Waals surface area contributed by atoms with Gasteiger partial charge in [-0.1, -0.05) is 26.7 Å². The minimum Gasteiger partial charge on any atom is -0.480 e. The van der Waals surface area contributed by atoms with Crippen LogP contribution < -0.4 is 10.6 Å². The summed E-state index contributed by atoms with van der Waals surface area (Å²) in [4.78, 5) is 35.0. The van der Waals surface area contributed by atoms with Gasteiger partial charge in [0.1, 0.15) is 6.04 Å². The van der Waals surface area contributed by atoms with Crippen molar-refractivity contribution in [3.8, 4) is 0 Å².